The molecule has 1 unspecified atom stereocenters. The molecular weight excluding hydrogens is 326 g/mol. The molecular formula is C20H21N5O. The number of amides is 1. The van der Waals surface area contributed by atoms with Gasteiger partial charge in [-0.25, -0.2) is 9.97 Å². The minimum atomic E-state index is -0.382. The lowest BCUT2D eigenvalue weighted by Gasteiger charge is -2.30. The highest BCUT2D eigenvalue weighted by Gasteiger charge is 2.37. The van der Waals surface area contributed by atoms with Crippen LogP contribution in [0.5, 0.6) is 0 Å². The zero-order chi connectivity index (χ0) is 18.0. The summed E-state index contributed by atoms with van der Waals surface area (Å²) >= 11 is 0. The average molecular weight is 347 g/mol. The van der Waals surface area contributed by atoms with Crippen LogP contribution in [-0.4, -0.2) is 33.5 Å². The van der Waals surface area contributed by atoms with Crippen LogP contribution in [0.2, 0.25) is 0 Å². The number of nitrogens with zero attached hydrogens (tertiary/aromatic N) is 3. The van der Waals surface area contributed by atoms with E-state index < -0.39 is 0 Å². The molecule has 0 bridgehead atoms. The summed E-state index contributed by atoms with van der Waals surface area (Å²) in [6.45, 7) is 3.51. The molecule has 1 amide bonds. The lowest BCUT2D eigenvalue weighted by molar-refractivity contribution is 0.0904. The van der Waals surface area contributed by atoms with Crippen LogP contribution in [0.4, 0.5) is 0 Å². The van der Waals surface area contributed by atoms with Crippen LogP contribution in [0.25, 0.3) is 5.82 Å². The maximum absolute atomic E-state index is 13.0. The van der Waals surface area contributed by atoms with Gasteiger partial charge < -0.3 is 10.6 Å². The molecule has 6 heteroatoms. The summed E-state index contributed by atoms with van der Waals surface area (Å²) in [5.74, 6) is 1.42. The minimum Gasteiger partial charge on any atom is -0.341 e. The van der Waals surface area contributed by atoms with Gasteiger partial charge in [-0.05, 0) is 37.6 Å². The number of benzene rings is 1. The van der Waals surface area contributed by atoms with Crippen molar-refractivity contribution in [2.75, 3.05) is 13.1 Å². The third-order valence-corrected chi connectivity index (χ3v) is 4.91. The van der Waals surface area contributed by atoms with Crippen molar-refractivity contribution < 1.29 is 4.79 Å². The van der Waals surface area contributed by atoms with Crippen molar-refractivity contribution in [2.45, 2.75) is 18.9 Å². The number of aryl methyl sites for hydroxylation is 1. The van der Waals surface area contributed by atoms with E-state index in [9.17, 15) is 4.79 Å². The van der Waals surface area contributed by atoms with Gasteiger partial charge in [0, 0.05) is 30.7 Å². The average Bonchev–Trinajstić information content (AvgIpc) is 3.32. The van der Waals surface area contributed by atoms with Crippen molar-refractivity contribution in [2.24, 2.45) is 0 Å². The molecule has 1 aliphatic heterocycles. The summed E-state index contributed by atoms with van der Waals surface area (Å²) < 4.78 is 1.86. The highest BCUT2D eigenvalue weighted by Crippen LogP contribution is 2.28. The molecule has 3 aromatic rings. The Labute approximate surface area is 152 Å². The Balaban J connectivity index is 1.63. The predicted molar refractivity (Wildman–Crippen MR) is 99.2 cm³/mol. The summed E-state index contributed by atoms with van der Waals surface area (Å²) in [6, 6.07) is 13.7. The summed E-state index contributed by atoms with van der Waals surface area (Å²) in [5.41, 5.74) is 1.33. The Morgan fingerprint density at radius 3 is 2.73 bits per heavy atom. The third-order valence-electron chi connectivity index (χ3n) is 4.91. The van der Waals surface area contributed by atoms with Gasteiger partial charge >= 0.3 is 0 Å². The van der Waals surface area contributed by atoms with Gasteiger partial charge in [0.2, 0.25) is 0 Å². The first kappa shape index (κ1) is 16.5. The maximum atomic E-state index is 13.0. The van der Waals surface area contributed by atoms with Crippen molar-refractivity contribution in [3.05, 3.63) is 78.0 Å². The number of imidazole rings is 1. The molecule has 2 N–H and O–H groups in total. The summed E-state index contributed by atoms with van der Waals surface area (Å²) in [5, 5.41) is 6.63. The van der Waals surface area contributed by atoms with Crippen molar-refractivity contribution in [3.63, 3.8) is 0 Å². The van der Waals surface area contributed by atoms with Gasteiger partial charge in [-0.3, -0.25) is 9.36 Å². The SMILES string of the molecule is Cc1nccn1-c1cc(C(=O)NC2(c3ccccc3)CCNC2)ccn1. The monoisotopic (exact) mass is 347 g/mol. The third kappa shape index (κ3) is 2.99. The Morgan fingerprint density at radius 2 is 2.04 bits per heavy atom. The van der Waals surface area contributed by atoms with Crippen LogP contribution < -0.4 is 10.6 Å². The van der Waals surface area contributed by atoms with Crippen LogP contribution in [0.1, 0.15) is 28.2 Å². The largest absolute Gasteiger partial charge is 0.341 e. The number of pyridine rings is 1. The number of carbonyl (C=O) groups is 1. The molecule has 4 rings (SSSR count). The van der Waals surface area contributed by atoms with Crippen LogP contribution in [0.15, 0.2) is 61.1 Å². The van der Waals surface area contributed by atoms with E-state index in [0.717, 1.165) is 30.9 Å². The molecule has 1 aromatic carbocycles. The van der Waals surface area contributed by atoms with Gasteiger partial charge in [-0.1, -0.05) is 30.3 Å². The second kappa shape index (κ2) is 6.72. The van der Waals surface area contributed by atoms with Crippen LogP contribution in [0, 0.1) is 6.92 Å². The number of hydrogen-bond donors (Lipinski definition) is 2. The standard InChI is InChI=1S/C20H21N5O/c1-15-22-11-12-25(15)18-13-16(7-9-23-18)19(26)24-20(8-10-21-14-20)17-5-3-2-4-6-17/h2-7,9,11-13,21H,8,10,14H2,1H3,(H,24,26). The van der Waals surface area contributed by atoms with E-state index in [1.165, 1.54) is 0 Å². The highest BCUT2D eigenvalue weighted by molar-refractivity contribution is 5.95. The van der Waals surface area contributed by atoms with Crippen LogP contribution >= 0.6 is 0 Å². The zero-order valence-electron chi connectivity index (χ0n) is 14.6. The van der Waals surface area contributed by atoms with Gasteiger partial charge in [0.1, 0.15) is 11.6 Å². The topological polar surface area (TPSA) is 71.8 Å². The van der Waals surface area contributed by atoms with E-state index in [-0.39, 0.29) is 11.4 Å². The van der Waals surface area contributed by atoms with Gasteiger partial charge in [0.25, 0.3) is 5.91 Å². The number of aromatic nitrogens is 3. The Hall–Kier alpha value is -2.99. The molecule has 6 nitrogen and oxygen atoms in total. The lowest BCUT2D eigenvalue weighted by Crippen LogP contribution is -2.47. The van der Waals surface area contributed by atoms with E-state index in [1.54, 1.807) is 24.5 Å². The van der Waals surface area contributed by atoms with E-state index in [2.05, 4.69) is 32.7 Å². The number of nitrogens with one attached hydrogen (secondary N) is 2. The first-order valence-corrected chi connectivity index (χ1v) is 8.73. The Morgan fingerprint density at radius 1 is 1.19 bits per heavy atom. The van der Waals surface area contributed by atoms with E-state index >= 15 is 0 Å². The molecule has 3 heterocycles. The molecule has 132 valence electrons. The van der Waals surface area contributed by atoms with Gasteiger partial charge in [-0.15, -0.1) is 0 Å². The van der Waals surface area contributed by atoms with E-state index in [1.807, 2.05) is 35.9 Å². The highest BCUT2D eigenvalue weighted by atomic mass is 16.1. The number of hydrogen-bond acceptors (Lipinski definition) is 4. The van der Waals surface area contributed by atoms with Gasteiger partial charge in [0.05, 0.1) is 5.54 Å². The molecule has 1 atom stereocenters. The van der Waals surface area contributed by atoms with Crippen molar-refractivity contribution in [1.29, 1.82) is 0 Å². The van der Waals surface area contributed by atoms with Crippen LogP contribution in [0.3, 0.4) is 0 Å². The lowest BCUT2D eigenvalue weighted by atomic mass is 9.88. The van der Waals surface area contributed by atoms with Crippen molar-refractivity contribution in [3.8, 4) is 5.82 Å². The molecule has 26 heavy (non-hydrogen) atoms. The normalized spacial score (nSPS) is 19.4. The van der Waals surface area contributed by atoms with Crippen molar-refractivity contribution in [1.82, 2.24) is 25.2 Å². The fourth-order valence-corrected chi connectivity index (χ4v) is 3.48. The molecule has 1 saturated heterocycles. The number of rotatable bonds is 4. The molecule has 0 saturated carbocycles. The molecule has 1 aliphatic rings. The first-order chi connectivity index (χ1) is 12.7. The van der Waals surface area contributed by atoms with E-state index in [4.69, 9.17) is 0 Å². The van der Waals surface area contributed by atoms with E-state index in [0.29, 0.717) is 11.4 Å². The Bertz CT molecular complexity index is 913. The quantitative estimate of drug-likeness (QED) is 0.759. The van der Waals surface area contributed by atoms with Gasteiger partial charge in [-0.2, -0.15) is 0 Å². The minimum absolute atomic E-state index is 0.0982. The fourth-order valence-electron chi connectivity index (χ4n) is 3.48. The van der Waals surface area contributed by atoms with Gasteiger partial charge in [0.15, 0.2) is 0 Å². The molecule has 0 radical (unpaired) electrons. The molecule has 2 aromatic heterocycles. The summed E-state index contributed by atoms with van der Waals surface area (Å²) in [6.07, 6.45) is 6.08. The van der Waals surface area contributed by atoms with Crippen molar-refractivity contribution >= 4 is 5.91 Å². The summed E-state index contributed by atoms with van der Waals surface area (Å²) in [7, 11) is 0. The molecule has 0 aliphatic carbocycles. The first-order valence-electron chi connectivity index (χ1n) is 8.73. The second-order valence-electron chi connectivity index (χ2n) is 6.58. The predicted octanol–water partition coefficient (Wildman–Crippen LogP) is 2.19. The zero-order valence-corrected chi connectivity index (χ0v) is 14.6. The fraction of sp³-hybridized carbons (Fsp3) is 0.250. The number of carbonyl (C=O) groups excluding carboxylic acids is 1. The second-order valence-corrected chi connectivity index (χ2v) is 6.58. The maximum Gasteiger partial charge on any atom is 0.252 e. The molecule has 0 spiro atoms. The smallest absolute Gasteiger partial charge is 0.252 e. The molecule has 1 fully saturated rings. The summed E-state index contributed by atoms with van der Waals surface area (Å²) in [4.78, 5) is 21.6. The van der Waals surface area contributed by atoms with Crippen LogP contribution in [-0.2, 0) is 5.54 Å². The Kier molecular flexibility index (Phi) is 4.26.